The van der Waals surface area contributed by atoms with Crippen LogP contribution in [-0.2, 0) is 6.54 Å². The molecule has 3 heteroatoms. The Balaban J connectivity index is 2.47. The van der Waals surface area contributed by atoms with E-state index in [2.05, 4.69) is 31.3 Å². The number of alkyl halides is 1. The highest BCUT2D eigenvalue weighted by Gasteiger charge is 2.11. The zero-order valence-corrected chi connectivity index (χ0v) is 11.6. The van der Waals surface area contributed by atoms with Gasteiger partial charge in [-0.05, 0) is 30.0 Å². The molecule has 96 valence electrons. The SMILES string of the molecule is COc1ccc(CNC(CCCl)C(C)C)cc1. The van der Waals surface area contributed by atoms with Crippen LogP contribution in [0.1, 0.15) is 25.8 Å². The molecule has 0 bridgehead atoms. The standard InChI is InChI=1S/C14H22ClNO/c1-11(2)14(8-9-15)16-10-12-4-6-13(17-3)7-5-12/h4-7,11,14,16H,8-10H2,1-3H3. The maximum absolute atomic E-state index is 5.81. The van der Waals surface area contributed by atoms with Crippen LogP contribution in [-0.4, -0.2) is 19.0 Å². The molecule has 2 nitrogen and oxygen atoms in total. The molecule has 0 aromatic heterocycles. The van der Waals surface area contributed by atoms with E-state index in [1.165, 1.54) is 5.56 Å². The van der Waals surface area contributed by atoms with E-state index in [-0.39, 0.29) is 0 Å². The smallest absolute Gasteiger partial charge is 0.118 e. The Labute approximate surface area is 109 Å². The molecule has 17 heavy (non-hydrogen) atoms. The largest absolute Gasteiger partial charge is 0.497 e. The summed E-state index contributed by atoms with van der Waals surface area (Å²) in [6.45, 7) is 5.32. The van der Waals surface area contributed by atoms with Crippen LogP contribution < -0.4 is 10.1 Å². The van der Waals surface area contributed by atoms with Gasteiger partial charge in [-0.1, -0.05) is 26.0 Å². The van der Waals surface area contributed by atoms with Crippen LogP contribution >= 0.6 is 11.6 Å². The zero-order chi connectivity index (χ0) is 12.7. The van der Waals surface area contributed by atoms with Gasteiger partial charge in [0.25, 0.3) is 0 Å². The van der Waals surface area contributed by atoms with Crippen molar-refractivity contribution in [3.63, 3.8) is 0 Å². The molecule has 0 saturated carbocycles. The molecule has 1 atom stereocenters. The van der Waals surface area contributed by atoms with Crippen LogP contribution in [0.5, 0.6) is 5.75 Å². The number of nitrogens with one attached hydrogen (secondary N) is 1. The van der Waals surface area contributed by atoms with Crippen LogP contribution in [0.2, 0.25) is 0 Å². The Morgan fingerprint density at radius 3 is 2.35 bits per heavy atom. The molecule has 0 radical (unpaired) electrons. The van der Waals surface area contributed by atoms with E-state index in [1.807, 2.05) is 12.1 Å². The lowest BCUT2D eigenvalue weighted by Crippen LogP contribution is -2.33. The summed E-state index contributed by atoms with van der Waals surface area (Å²) in [4.78, 5) is 0. The number of hydrogen-bond donors (Lipinski definition) is 1. The van der Waals surface area contributed by atoms with Crippen molar-refractivity contribution in [2.24, 2.45) is 5.92 Å². The first kappa shape index (κ1) is 14.3. The molecule has 1 unspecified atom stereocenters. The van der Waals surface area contributed by atoms with Crippen LogP contribution in [0.25, 0.3) is 0 Å². The predicted molar refractivity (Wildman–Crippen MR) is 73.8 cm³/mol. The molecule has 0 aliphatic heterocycles. The minimum absolute atomic E-state index is 0.481. The quantitative estimate of drug-likeness (QED) is 0.754. The van der Waals surface area contributed by atoms with Crippen LogP contribution in [0.4, 0.5) is 0 Å². The molecule has 0 heterocycles. The van der Waals surface area contributed by atoms with Gasteiger partial charge in [0, 0.05) is 18.5 Å². The fourth-order valence-corrected chi connectivity index (χ4v) is 2.02. The average molecular weight is 256 g/mol. The third-order valence-electron chi connectivity index (χ3n) is 2.95. The highest BCUT2D eigenvalue weighted by atomic mass is 35.5. The lowest BCUT2D eigenvalue weighted by Gasteiger charge is -2.21. The van der Waals surface area contributed by atoms with Crippen molar-refractivity contribution in [3.05, 3.63) is 29.8 Å². The Hall–Kier alpha value is -0.730. The minimum atomic E-state index is 0.481. The van der Waals surface area contributed by atoms with Gasteiger partial charge in [-0.15, -0.1) is 11.6 Å². The van der Waals surface area contributed by atoms with Crippen molar-refractivity contribution < 1.29 is 4.74 Å². The number of rotatable bonds is 7. The first-order chi connectivity index (χ1) is 8.17. The van der Waals surface area contributed by atoms with E-state index in [0.717, 1.165) is 18.7 Å². The molecule has 0 amide bonds. The molecule has 0 spiro atoms. The van der Waals surface area contributed by atoms with Crippen LogP contribution in [0.3, 0.4) is 0 Å². The van der Waals surface area contributed by atoms with Crippen molar-refractivity contribution in [3.8, 4) is 5.75 Å². The van der Waals surface area contributed by atoms with Gasteiger partial charge in [-0.2, -0.15) is 0 Å². The predicted octanol–water partition coefficient (Wildman–Crippen LogP) is 3.44. The van der Waals surface area contributed by atoms with Crippen molar-refractivity contribution in [1.29, 1.82) is 0 Å². The minimum Gasteiger partial charge on any atom is -0.497 e. The fraction of sp³-hybridized carbons (Fsp3) is 0.571. The maximum atomic E-state index is 5.81. The topological polar surface area (TPSA) is 21.3 Å². The number of benzene rings is 1. The fourth-order valence-electron chi connectivity index (χ4n) is 1.78. The number of methoxy groups -OCH3 is 1. The molecule has 1 aromatic rings. The molecule has 0 fully saturated rings. The van der Waals surface area contributed by atoms with Gasteiger partial charge in [0.2, 0.25) is 0 Å². The van der Waals surface area contributed by atoms with Crippen molar-refractivity contribution in [2.75, 3.05) is 13.0 Å². The van der Waals surface area contributed by atoms with Gasteiger partial charge in [-0.3, -0.25) is 0 Å². The normalized spacial score (nSPS) is 12.8. The second-order valence-corrected chi connectivity index (χ2v) is 4.94. The summed E-state index contributed by atoms with van der Waals surface area (Å²) in [5, 5.41) is 3.55. The van der Waals surface area contributed by atoms with Gasteiger partial charge in [0.15, 0.2) is 0 Å². The molecule has 1 rings (SSSR count). The molecule has 0 aliphatic rings. The highest BCUT2D eigenvalue weighted by Crippen LogP contribution is 2.13. The zero-order valence-electron chi connectivity index (χ0n) is 10.9. The van der Waals surface area contributed by atoms with Crippen molar-refractivity contribution >= 4 is 11.6 Å². The van der Waals surface area contributed by atoms with E-state index in [4.69, 9.17) is 16.3 Å². The number of hydrogen-bond acceptors (Lipinski definition) is 2. The number of halogens is 1. The Bertz CT molecular complexity index is 311. The van der Waals surface area contributed by atoms with Crippen molar-refractivity contribution in [1.82, 2.24) is 5.32 Å². The Kier molecular flexibility index (Phi) is 6.38. The molecule has 0 aliphatic carbocycles. The molecular weight excluding hydrogens is 234 g/mol. The molecule has 1 aromatic carbocycles. The third kappa shape index (κ3) is 4.97. The Morgan fingerprint density at radius 1 is 1.24 bits per heavy atom. The lowest BCUT2D eigenvalue weighted by atomic mass is 10.0. The highest BCUT2D eigenvalue weighted by molar-refractivity contribution is 6.17. The van der Waals surface area contributed by atoms with Crippen LogP contribution in [0, 0.1) is 5.92 Å². The summed E-state index contributed by atoms with van der Waals surface area (Å²) in [7, 11) is 1.68. The second-order valence-electron chi connectivity index (χ2n) is 4.56. The molecular formula is C14H22ClNO. The average Bonchev–Trinajstić information content (AvgIpc) is 2.34. The van der Waals surface area contributed by atoms with Gasteiger partial charge in [0.05, 0.1) is 7.11 Å². The van der Waals surface area contributed by atoms with E-state index in [0.29, 0.717) is 17.8 Å². The van der Waals surface area contributed by atoms with E-state index < -0.39 is 0 Å². The van der Waals surface area contributed by atoms with E-state index in [9.17, 15) is 0 Å². The summed E-state index contributed by atoms with van der Waals surface area (Å²) < 4.78 is 5.13. The third-order valence-corrected chi connectivity index (χ3v) is 3.17. The monoisotopic (exact) mass is 255 g/mol. The second kappa shape index (κ2) is 7.57. The lowest BCUT2D eigenvalue weighted by molar-refractivity contribution is 0.388. The van der Waals surface area contributed by atoms with Gasteiger partial charge in [-0.25, -0.2) is 0 Å². The van der Waals surface area contributed by atoms with Crippen molar-refractivity contribution in [2.45, 2.75) is 32.9 Å². The van der Waals surface area contributed by atoms with Gasteiger partial charge >= 0.3 is 0 Å². The summed E-state index contributed by atoms with van der Waals surface area (Å²) in [5.41, 5.74) is 1.27. The molecule has 1 N–H and O–H groups in total. The summed E-state index contributed by atoms with van der Waals surface area (Å²) in [5.74, 6) is 2.21. The summed E-state index contributed by atoms with van der Waals surface area (Å²) >= 11 is 5.81. The van der Waals surface area contributed by atoms with E-state index in [1.54, 1.807) is 7.11 Å². The van der Waals surface area contributed by atoms with Crippen LogP contribution in [0.15, 0.2) is 24.3 Å². The first-order valence-corrected chi connectivity index (χ1v) is 6.63. The Morgan fingerprint density at radius 2 is 1.88 bits per heavy atom. The summed E-state index contributed by atoms with van der Waals surface area (Å²) in [6.07, 6.45) is 1.01. The maximum Gasteiger partial charge on any atom is 0.118 e. The van der Waals surface area contributed by atoms with Gasteiger partial charge in [0.1, 0.15) is 5.75 Å². The number of ether oxygens (including phenoxy) is 1. The molecule has 0 saturated heterocycles. The summed E-state index contributed by atoms with van der Waals surface area (Å²) in [6, 6.07) is 8.63. The van der Waals surface area contributed by atoms with E-state index >= 15 is 0 Å². The van der Waals surface area contributed by atoms with Gasteiger partial charge < -0.3 is 10.1 Å². The first-order valence-electron chi connectivity index (χ1n) is 6.09.